The van der Waals surface area contributed by atoms with Crippen molar-refractivity contribution in [1.82, 2.24) is 5.32 Å². The minimum absolute atomic E-state index is 0.0113. The molecule has 3 aromatic rings. The number of hydrogen-bond donors (Lipinski definition) is 3. The Hall–Kier alpha value is -4.97. The maximum atomic E-state index is 13.1. The number of esters is 2. The van der Waals surface area contributed by atoms with E-state index >= 15 is 0 Å². The van der Waals surface area contributed by atoms with E-state index in [2.05, 4.69) is 15.5 Å². The Morgan fingerprint density at radius 2 is 1.51 bits per heavy atom. The first-order chi connectivity index (χ1) is 19.7. The molecule has 0 atom stereocenters. The zero-order valence-corrected chi connectivity index (χ0v) is 23.0. The second-order valence-electron chi connectivity index (χ2n) is 8.68. The molecule has 3 rings (SSSR count). The van der Waals surface area contributed by atoms with Crippen molar-refractivity contribution < 1.29 is 33.8 Å². The van der Waals surface area contributed by atoms with E-state index in [0.29, 0.717) is 23.2 Å². The minimum atomic E-state index is -1.01. The van der Waals surface area contributed by atoms with Crippen LogP contribution in [0.5, 0.6) is 11.5 Å². The third-order valence-electron chi connectivity index (χ3n) is 5.53. The van der Waals surface area contributed by atoms with Crippen LogP contribution in [0.2, 0.25) is 0 Å². The number of aliphatic carboxylic acids is 1. The monoisotopic (exact) mass is 576 g/mol. The maximum Gasteiger partial charge on any atom is 0.347 e. The van der Waals surface area contributed by atoms with Crippen molar-refractivity contribution in [3.8, 4) is 11.5 Å². The number of nitrogens with one attached hydrogen (secondary N) is 1. The van der Waals surface area contributed by atoms with Gasteiger partial charge in [-0.15, -0.1) is 0 Å². The Bertz CT molecular complexity index is 1450. The molecule has 0 saturated carbocycles. The number of nitrogens with two attached hydrogens (primary N) is 1. The van der Waals surface area contributed by atoms with Gasteiger partial charge in [0.05, 0.1) is 17.8 Å². The van der Waals surface area contributed by atoms with Gasteiger partial charge in [-0.1, -0.05) is 25.6 Å². The molecule has 212 valence electrons. The van der Waals surface area contributed by atoms with Gasteiger partial charge in [-0.25, -0.2) is 4.79 Å². The number of carbonyl (C=O) groups is 4. The summed E-state index contributed by atoms with van der Waals surface area (Å²) < 4.78 is 10.9. The summed E-state index contributed by atoms with van der Waals surface area (Å²) in [6.07, 6.45) is 1.46. The second kappa shape index (κ2) is 15.0. The minimum Gasteiger partial charge on any atom is -0.481 e. The molecule has 0 aliphatic heterocycles. The average molecular weight is 577 g/mol. The maximum absolute atomic E-state index is 13.1. The normalized spacial score (nSPS) is 10.7. The number of benzene rings is 3. The number of carboxylic acid groups (broad SMARTS) is 1. The van der Waals surface area contributed by atoms with E-state index in [1.807, 2.05) is 6.92 Å². The van der Waals surface area contributed by atoms with Gasteiger partial charge in [0.2, 0.25) is 0 Å². The van der Waals surface area contributed by atoms with Crippen LogP contribution in [0.15, 0.2) is 77.0 Å². The third-order valence-corrected chi connectivity index (χ3v) is 5.76. The van der Waals surface area contributed by atoms with Crippen LogP contribution in [0.1, 0.15) is 58.9 Å². The smallest absolute Gasteiger partial charge is 0.347 e. The van der Waals surface area contributed by atoms with Gasteiger partial charge < -0.3 is 25.6 Å². The topological polar surface area (TPSA) is 170 Å². The van der Waals surface area contributed by atoms with Crippen molar-refractivity contribution in [3.63, 3.8) is 0 Å². The van der Waals surface area contributed by atoms with Crippen LogP contribution in [-0.4, -0.2) is 40.5 Å². The Kier molecular flexibility index (Phi) is 11.2. The molecule has 0 bridgehead atoms. The molecule has 12 heteroatoms. The Morgan fingerprint density at radius 3 is 2.15 bits per heavy atom. The van der Waals surface area contributed by atoms with Gasteiger partial charge in [0, 0.05) is 24.1 Å². The molecule has 0 heterocycles. The first-order valence-electron chi connectivity index (χ1n) is 12.6. The van der Waals surface area contributed by atoms with Crippen LogP contribution < -0.4 is 20.5 Å². The summed E-state index contributed by atoms with van der Waals surface area (Å²) in [6.45, 7) is 1.96. The van der Waals surface area contributed by atoms with Crippen molar-refractivity contribution in [2.24, 2.45) is 16.0 Å². The highest BCUT2D eigenvalue weighted by Gasteiger charge is 2.19. The predicted molar refractivity (Wildman–Crippen MR) is 154 cm³/mol. The molecule has 0 saturated heterocycles. The molecule has 1 amide bonds. The number of rotatable bonds is 13. The number of unbranched alkanes of at least 4 members (excludes halogenated alkanes) is 1. The van der Waals surface area contributed by atoms with Gasteiger partial charge in [0.1, 0.15) is 22.1 Å². The molecule has 4 N–H and O–H groups in total. The summed E-state index contributed by atoms with van der Waals surface area (Å²) in [6, 6.07) is 16.8. The Balaban J connectivity index is 1.78. The lowest BCUT2D eigenvalue weighted by Gasteiger charge is -2.11. The number of ether oxygens (including phenoxy) is 2. The molecule has 0 unspecified atom stereocenters. The lowest BCUT2D eigenvalue weighted by atomic mass is 10.1. The van der Waals surface area contributed by atoms with E-state index in [-0.39, 0.29) is 47.1 Å². The lowest BCUT2D eigenvalue weighted by molar-refractivity contribution is -0.137. The summed E-state index contributed by atoms with van der Waals surface area (Å²) in [5.41, 5.74) is 7.22. The predicted octanol–water partition coefficient (Wildman–Crippen LogP) is 5.26. The van der Waals surface area contributed by atoms with Crippen LogP contribution in [-0.2, 0) is 9.59 Å². The Labute approximate surface area is 241 Å². The summed E-state index contributed by atoms with van der Waals surface area (Å²) in [5, 5.41) is 19.5. The number of thiocarbonyl (C=S) groups is 1. The Morgan fingerprint density at radius 1 is 0.878 bits per heavy atom. The fraction of sp³-hybridized carbons (Fsp3) is 0.207. The molecular formula is C29H28N4O7S. The number of azo groups is 1. The molecular weight excluding hydrogens is 548 g/mol. The summed E-state index contributed by atoms with van der Waals surface area (Å²) in [4.78, 5) is 48.3. The highest BCUT2D eigenvalue weighted by atomic mass is 32.1. The van der Waals surface area contributed by atoms with E-state index in [0.717, 1.165) is 6.42 Å². The van der Waals surface area contributed by atoms with Gasteiger partial charge in [-0.05, 0) is 73.2 Å². The van der Waals surface area contributed by atoms with Gasteiger partial charge in [0.15, 0.2) is 0 Å². The van der Waals surface area contributed by atoms with E-state index in [4.69, 9.17) is 32.5 Å². The van der Waals surface area contributed by atoms with E-state index in [1.165, 1.54) is 30.3 Å². The van der Waals surface area contributed by atoms with Gasteiger partial charge in [-0.2, -0.15) is 10.2 Å². The zero-order chi connectivity index (χ0) is 29.8. The quantitative estimate of drug-likeness (QED) is 0.106. The number of hydrogen-bond acceptors (Lipinski definition) is 9. The molecule has 0 aliphatic rings. The standard InChI is InChI=1S/C29H28N4O7S/c1-2-3-4-26(36)40-24-14-11-21(17-23(24)29(38)39-22-12-7-18(8-13-22)27(30)41)33-32-20-9-5-19(6-10-20)28(37)31-16-15-25(34)35/h5-14,17H,2-4,15-16H2,1H3,(H2,30,41)(H,31,37)(H,34,35)/b33-32+. The van der Waals surface area contributed by atoms with Crippen LogP contribution in [0.3, 0.4) is 0 Å². The van der Waals surface area contributed by atoms with Gasteiger partial charge in [-0.3, -0.25) is 14.4 Å². The SMILES string of the molecule is CCCCC(=O)Oc1ccc(/N=N/c2ccc(C(=O)NCCC(=O)O)cc2)cc1C(=O)Oc1ccc(C(N)=S)cc1. The molecule has 0 aliphatic carbocycles. The van der Waals surface area contributed by atoms with Crippen LogP contribution in [0.4, 0.5) is 11.4 Å². The molecule has 0 radical (unpaired) electrons. The highest BCUT2D eigenvalue weighted by molar-refractivity contribution is 7.80. The first kappa shape index (κ1) is 30.6. The average Bonchev–Trinajstić information content (AvgIpc) is 2.95. The van der Waals surface area contributed by atoms with Crippen LogP contribution in [0, 0.1) is 0 Å². The van der Waals surface area contributed by atoms with E-state index in [9.17, 15) is 19.2 Å². The number of amides is 1. The molecule has 3 aromatic carbocycles. The number of nitrogens with zero attached hydrogens (tertiary/aromatic N) is 2. The van der Waals surface area contributed by atoms with Crippen molar-refractivity contribution in [3.05, 3.63) is 83.4 Å². The molecule has 0 spiro atoms. The first-order valence-corrected chi connectivity index (χ1v) is 13.1. The molecule has 41 heavy (non-hydrogen) atoms. The van der Waals surface area contributed by atoms with Crippen molar-refractivity contribution in [1.29, 1.82) is 0 Å². The third kappa shape index (κ3) is 9.62. The highest BCUT2D eigenvalue weighted by Crippen LogP contribution is 2.28. The fourth-order valence-electron chi connectivity index (χ4n) is 3.35. The fourth-order valence-corrected chi connectivity index (χ4v) is 3.49. The van der Waals surface area contributed by atoms with Gasteiger partial charge in [0.25, 0.3) is 5.91 Å². The summed E-state index contributed by atoms with van der Waals surface area (Å²) in [5.74, 6) is -2.43. The number of carbonyl (C=O) groups excluding carboxylic acids is 3. The van der Waals surface area contributed by atoms with Crippen molar-refractivity contribution in [2.45, 2.75) is 32.6 Å². The largest absolute Gasteiger partial charge is 0.481 e. The molecule has 0 fully saturated rings. The van der Waals surface area contributed by atoms with E-state index in [1.54, 1.807) is 36.4 Å². The molecule has 11 nitrogen and oxygen atoms in total. The van der Waals surface area contributed by atoms with Crippen molar-refractivity contribution in [2.75, 3.05) is 6.54 Å². The summed E-state index contributed by atoms with van der Waals surface area (Å²) in [7, 11) is 0. The summed E-state index contributed by atoms with van der Waals surface area (Å²) >= 11 is 4.94. The zero-order valence-electron chi connectivity index (χ0n) is 22.2. The number of carboxylic acids is 1. The van der Waals surface area contributed by atoms with Crippen molar-refractivity contribution >= 4 is 52.4 Å². The second-order valence-corrected chi connectivity index (χ2v) is 9.12. The van der Waals surface area contributed by atoms with Crippen LogP contribution >= 0.6 is 12.2 Å². The van der Waals surface area contributed by atoms with Gasteiger partial charge >= 0.3 is 17.9 Å². The van der Waals surface area contributed by atoms with Crippen LogP contribution in [0.25, 0.3) is 0 Å². The van der Waals surface area contributed by atoms with E-state index < -0.39 is 23.8 Å². The lowest BCUT2D eigenvalue weighted by Crippen LogP contribution is -2.25. The molecule has 0 aromatic heterocycles.